The SMILES string of the molecule is CC(=CC(=NNC(N)=O)C(F)(F)F)c1ccccc1. The maximum absolute atomic E-state index is 12.7. The van der Waals surface area contributed by atoms with Gasteiger partial charge in [-0.3, -0.25) is 0 Å². The summed E-state index contributed by atoms with van der Waals surface area (Å²) in [6.07, 6.45) is -3.84. The number of hydrogen-bond donors (Lipinski definition) is 2. The number of carbonyl (C=O) groups is 1. The molecule has 0 aliphatic rings. The summed E-state index contributed by atoms with van der Waals surface area (Å²) in [6.45, 7) is 1.51. The minimum atomic E-state index is -4.68. The van der Waals surface area contributed by atoms with Crippen molar-refractivity contribution in [3.8, 4) is 0 Å². The summed E-state index contributed by atoms with van der Waals surface area (Å²) in [6, 6.07) is 7.34. The molecule has 102 valence electrons. The van der Waals surface area contributed by atoms with Crippen LogP contribution in [-0.2, 0) is 0 Å². The van der Waals surface area contributed by atoms with Crippen molar-refractivity contribution in [2.45, 2.75) is 13.1 Å². The Morgan fingerprint density at radius 2 is 1.89 bits per heavy atom. The van der Waals surface area contributed by atoms with Gasteiger partial charge in [-0.25, -0.2) is 10.2 Å². The molecule has 3 N–H and O–H groups in total. The number of primary amides is 1. The molecule has 0 fully saturated rings. The van der Waals surface area contributed by atoms with E-state index in [2.05, 4.69) is 10.8 Å². The van der Waals surface area contributed by atoms with E-state index in [9.17, 15) is 18.0 Å². The van der Waals surface area contributed by atoms with E-state index < -0.39 is 17.9 Å². The van der Waals surface area contributed by atoms with E-state index in [0.717, 1.165) is 6.08 Å². The first-order valence-corrected chi connectivity index (χ1v) is 5.24. The second-order valence-corrected chi connectivity index (χ2v) is 3.66. The zero-order chi connectivity index (χ0) is 14.5. The molecule has 4 nitrogen and oxygen atoms in total. The quantitative estimate of drug-likeness (QED) is 0.644. The number of nitrogens with two attached hydrogens (primary N) is 1. The van der Waals surface area contributed by atoms with E-state index in [0.29, 0.717) is 11.1 Å². The Bertz CT molecular complexity index is 507. The normalized spacial score (nSPS) is 13.3. The van der Waals surface area contributed by atoms with Gasteiger partial charge in [0.2, 0.25) is 0 Å². The molecule has 1 rings (SSSR count). The van der Waals surface area contributed by atoms with Gasteiger partial charge in [0.15, 0.2) is 5.71 Å². The molecule has 2 amide bonds. The lowest BCUT2D eigenvalue weighted by molar-refractivity contribution is -0.0580. The van der Waals surface area contributed by atoms with Crippen LogP contribution in [0, 0.1) is 0 Å². The number of nitrogens with one attached hydrogen (secondary N) is 1. The molecule has 7 heteroatoms. The average Bonchev–Trinajstić information content (AvgIpc) is 2.33. The Labute approximate surface area is 107 Å². The first-order valence-electron chi connectivity index (χ1n) is 5.24. The number of halogens is 3. The molecule has 0 aliphatic carbocycles. The minimum Gasteiger partial charge on any atom is -0.350 e. The maximum atomic E-state index is 12.7. The highest BCUT2D eigenvalue weighted by Gasteiger charge is 2.34. The Morgan fingerprint density at radius 1 is 1.32 bits per heavy atom. The van der Waals surface area contributed by atoms with Crippen LogP contribution in [0.4, 0.5) is 18.0 Å². The fourth-order valence-corrected chi connectivity index (χ4v) is 1.28. The highest BCUT2D eigenvalue weighted by atomic mass is 19.4. The van der Waals surface area contributed by atoms with Gasteiger partial charge in [0.05, 0.1) is 0 Å². The third kappa shape index (κ3) is 4.82. The van der Waals surface area contributed by atoms with Crippen molar-refractivity contribution < 1.29 is 18.0 Å². The lowest BCUT2D eigenvalue weighted by Gasteiger charge is -2.08. The summed E-state index contributed by atoms with van der Waals surface area (Å²) in [5, 5.41) is 2.95. The summed E-state index contributed by atoms with van der Waals surface area (Å²) >= 11 is 0. The van der Waals surface area contributed by atoms with Crippen molar-refractivity contribution in [3.05, 3.63) is 42.0 Å². The third-order valence-corrected chi connectivity index (χ3v) is 2.16. The highest BCUT2D eigenvalue weighted by molar-refractivity contribution is 6.04. The van der Waals surface area contributed by atoms with Crippen molar-refractivity contribution >= 4 is 17.3 Å². The number of urea groups is 1. The van der Waals surface area contributed by atoms with Crippen LogP contribution in [0.2, 0.25) is 0 Å². The fraction of sp³-hybridized carbons (Fsp3) is 0.167. The summed E-state index contributed by atoms with van der Waals surface area (Å²) < 4.78 is 38.0. The van der Waals surface area contributed by atoms with E-state index in [-0.39, 0.29) is 0 Å². The lowest BCUT2D eigenvalue weighted by Crippen LogP contribution is -2.30. The van der Waals surface area contributed by atoms with Crippen LogP contribution in [0.15, 0.2) is 41.5 Å². The smallest absolute Gasteiger partial charge is 0.350 e. The number of rotatable bonds is 3. The van der Waals surface area contributed by atoms with Crippen LogP contribution >= 0.6 is 0 Å². The van der Waals surface area contributed by atoms with Gasteiger partial charge in [0.25, 0.3) is 0 Å². The average molecular weight is 271 g/mol. The van der Waals surface area contributed by atoms with Crippen LogP contribution in [-0.4, -0.2) is 17.9 Å². The summed E-state index contributed by atoms with van der Waals surface area (Å²) in [4.78, 5) is 10.4. The Morgan fingerprint density at radius 3 is 2.37 bits per heavy atom. The molecule has 0 unspecified atom stereocenters. The predicted molar refractivity (Wildman–Crippen MR) is 66.3 cm³/mol. The number of hydrazone groups is 1. The molecule has 0 radical (unpaired) electrons. The first-order chi connectivity index (χ1) is 8.80. The summed E-state index contributed by atoms with van der Waals surface area (Å²) in [7, 11) is 0. The highest BCUT2D eigenvalue weighted by Crippen LogP contribution is 2.21. The van der Waals surface area contributed by atoms with E-state index in [4.69, 9.17) is 0 Å². The van der Waals surface area contributed by atoms with Crippen molar-refractivity contribution in [1.82, 2.24) is 5.43 Å². The Kier molecular flexibility index (Phi) is 4.68. The van der Waals surface area contributed by atoms with E-state index >= 15 is 0 Å². The zero-order valence-corrected chi connectivity index (χ0v) is 10.0. The monoisotopic (exact) mass is 271 g/mol. The largest absolute Gasteiger partial charge is 0.435 e. The van der Waals surface area contributed by atoms with Crippen molar-refractivity contribution in [2.24, 2.45) is 10.8 Å². The molecular weight excluding hydrogens is 259 g/mol. The number of nitrogens with zero attached hydrogens (tertiary/aromatic N) is 1. The van der Waals surface area contributed by atoms with Gasteiger partial charge in [0, 0.05) is 0 Å². The molecule has 0 aromatic heterocycles. The summed E-state index contributed by atoms with van der Waals surface area (Å²) in [5.74, 6) is 0. The number of hydrogen-bond acceptors (Lipinski definition) is 2. The molecule has 0 aliphatic heterocycles. The number of benzene rings is 1. The first kappa shape index (κ1) is 14.7. The van der Waals surface area contributed by atoms with Gasteiger partial charge in [-0.2, -0.15) is 18.3 Å². The molecule has 0 bridgehead atoms. The topological polar surface area (TPSA) is 67.5 Å². The van der Waals surface area contributed by atoms with Gasteiger partial charge in [-0.05, 0) is 24.1 Å². The molecule has 0 heterocycles. The number of carbonyl (C=O) groups excluding carboxylic acids is 1. The van der Waals surface area contributed by atoms with Gasteiger partial charge in [-0.1, -0.05) is 30.3 Å². The van der Waals surface area contributed by atoms with Gasteiger partial charge < -0.3 is 5.73 Å². The number of alkyl halides is 3. The van der Waals surface area contributed by atoms with E-state index in [1.165, 1.54) is 6.92 Å². The predicted octanol–water partition coefficient (Wildman–Crippen LogP) is 2.68. The molecule has 0 atom stereocenters. The van der Waals surface area contributed by atoms with Crippen LogP contribution in [0.5, 0.6) is 0 Å². The Balaban J connectivity index is 3.07. The van der Waals surface area contributed by atoms with Crippen LogP contribution in [0.3, 0.4) is 0 Å². The molecule has 0 spiro atoms. The lowest BCUT2D eigenvalue weighted by atomic mass is 10.1. The van der Waals surface area contributed by atoms with Crippen LogP contribution in [0.1, 0.15) is 12.5 Å². The van der Waals surface area contributed by atoms with Crippen molar-refractivity contribution in [2.75, 3.05) is 0 Å². The molecular formula is C12H12F3N3O. The van der Waals surface area contributed by atoms with Crippen molar-refractivity contribution in [1.29, 1.82) is 0 Å². The fourth-order valence-electron chi connectivity index (χ4n) is 1.28. The van der Waals surface area contributed by atoms with E-state index in [1.54, 1.807) is 35.8 Å². The molecule has 1 aromatic rings. The van der Waals surface area contributed by atoms with Crippen LogP contribution in [0.25, 0.3) is 5.57 Å². The maximum Gasteiger partial charge on any atom is 0.435 e. The minimum absolute atomic E-state index is 0.364. The molecule has 1 aromatic carbocycles. The zero-order valence-electron chi connectivity index (χ0n) is 10.0. The number of amides is 2. The van der Waals surface area contributed by atoms with Gasteiger partial charge in [0.1, 0.15) is 0 Å². The van der Waals surface area contributed by atoms with Gasteiger partial charge in [-0.15, -0.1) is 0 Å². The molecule has 0 saturated carbocycles. The van der Waals surface area contributed by atoms with Crippen LogP contribution < -0.4 is 11.2 Å². The molecule has 19 heavy (non-hydrogen) atoms. The second-order valence-electron chi connectivity index (χ2n) is 3.66. The number of allylic oxidation sites excluding steroid dienone is 2. The van der Waals surface area contributed by atoms with Gasteiger partial charge >= 0.3 is 12.2 Å². The van der Waals surface area contributed by atoms with Crippen molar-refractivity contribution in [3.63, 3.8) is 0 Å². The third-order valence-electron chi connectivity index (χ3n) is 2.16. The summed E-state index contributed by atoms with van der Waals surface area (Å²) in [5.41, 5.74) is 6.01. The standard InChI is InChI=1S/C12H12F3N3O/c1-8(9-5-3-2-4-6-9)7-10(12(13,14)15)17-18-11(16)19/h2-7H,1H3,(H3,16,18,19). The molecule has 0 saturated heterocycles. The second kappa shape index (κ2) is 6.03. The van der Waals surface area contributed by atoms with E-state index in [1.807, 2.05) is 0 Å². The Hall–Kier alpha value is -2.31.